The zero-order valence-electron chi connectivity index (χ0n) is 30.1. The second kappa shape index (κ2) is 20.6. The van der Waals surface area contributed by atoms with Crippen LogP contribution in [0.2, 0.25) is 0 Å². The van der Waals surface area contributed by atoms with Gasteiger partial charge in [0.05, 0.1) is 59.3 Å². The van der Waals surface area contributed by atoms with Gasteiger partial charge in [-0.3, -0.25) is 4.79 Å². The monoisotopic (exact) mass is 653 g/mol. The molecule has 3 rings (SSSR count). The Labute approximate surface area is 282 Å². The van der Waals surface area contributed by atoms with Gasteiger partial charge in [-0.25, -0.2) is 0 Å². The van der Waals surface area contributed by atoms with E-state index in [-0.39, 0.29) is 11.2 Å². The van der Waals surface area contributed by atoms with Crippen molar-refractivity contribution >= 4 is 10.9 Å². The fourth-order valence-corrected chi connectivity index (χ4v) is 6.50. The van der Waals surface area contributed by atoms with Crippen LogP contribution < -0.4 is 33.8 Å². The van der Waals surface area contributed by atoms with E-state index in [1.807, 2.05) is 18.2 Å². The maximum Gasteiger partial charge on any atom is 0.235 e. The minimum atomic E-state index is -0.256. The fourth-order valence-electron chi connectivity index (χ4n) is 6.50. The first kappa shape index (κ1) is 37.9. The highest BCUT2D eigenvalue weighted by atomic mass is 16.5. The maximum absolute atomic E-state index is 14.0. The largest absolute Gasteiger partial charge is 0.497 e. The van der Waals surface area contributed by atoms with Crippen molar-refractivity contribution in [3.63, 3.8) is 0 Å². The number of aromatic nitrogens is 1. The van der Waals surface area contributed by atoms with E-state index >= 15 is 0 Å². The highest BCUT2D eigenvalue weighted by Gasteiger charge is 2.25. The summed E-state index contributed by atoms with van der Waals surface area (Å²) in [5.74, 6) is 2.75. The van der Waals surface area contributed by atoms with E-state index in [9.17, 15) is 4.79 Å². The van der Waals surface area contributed by atoms with Crippen molar-refractivity contribution < 1.29 is 28.4 Å². The van der Waals surface area contributed by atoms with E-state index in [4.69, 9.17) is 28.4 Å². The summed E-state index contributed by atoms with van der Waals surface area (Å²) in [7, 11) is 9.44. The van der Waals surface area contributed by atoms with Crippen molar-refractivity contribution in [2.24, 2.45) is 0 Å². The van der Waals surface area contributed by atoms with Crippen molar-refractivity contribution in [3.05, 3.63) is 34.5 Å². The molecule has 0 aliphatic carbocycles. The zero-order chi connectivity index (χ0) is 34.0. The van der Waals surface area contributed by atoms with Crippen LogP contribution in [0.25, 0.3) is 22.2 Å². The van der Waals surface area contributed by atoms with E-state index in [0.29, 0.717) is 51.9 Å². The van der Waals surface area contributed by atoms with Gasteiger partial charge in [0, 0.05) is 24.2 Å². The van der Waals surface area contributed by atoms with Crippen LogP contribution >= 0.6 is 0 Å². The summed E-state index contributed by atoms with van der Waals surface area (Å²) >= 11 is 0. The molecule has 0 aliphatic rings. The van der Waals surface area contributed by atoms with Gasteiger partial charge < -0.3 is 33.0 Å². The number of hydrogen-bond acceptors (Lipinski definition) is 7. The molecule has 0 unspecified atom stereocenters. The molecule has 0 amide bonds. The van der Waals surface area contributed by atoms with Gasteiger partial charge in [0.1, 0.15) is 11.5 Å². The van der Waals surface area contributed by atoms with Crippen molar-refractivity contribution in [3.8, 4) is 45.8 Å². The van der Waals surface area contributed by atoms with Gasteiger partial charge in [0.2, 0.25) is 11.2 Å². The number of methoxy groups -OCH3 is 6. The third kappa shape index (κ3) is 10.2. The number of rotatable bonds is 24. The minimum Gasteiger partial charge on any atom is -0.497 e. The highest BCUT2D eigenvalue weighted by Crippen LogP contribution is 2.44. The third-order valence-corrected chi connectivity index (χ3v) is 9.10. The molecule has 0 fully saturated rings. The Kier molecular flexibility index (Phi) is 16.6. The predicted molar refractivity (Wildman–Crippen MR) is 193 cm³/mol. The Morgan fingerprint density at radius 1 is 0.511 bits per heavy atom. The summed E-state index contributed by atoms with van der Waals surface area (Å²) in [4.78, 5) is 14.0. The lowest BCUT2D eigenvalue weighted by Gasteiger charge is -2.23. The first-order valence-electron chi connectivity index (χ1n) is 17.7. The predicted octanol–water partition coefficient (Wildman–Crippen LogP) is 9.98. The standard InChI is InChI=1S/C39H59NO7/c1-8-9-10-11-12-13-14-15-16-17-18-19-20-21-22-23-24-40-31-27-30(42-2)28-32(43-3)35(31)37(41)39(47-7)36(40)29-25-33(44-4)38(46-6)34(26-29)45-5/h25-28H,8-24H2,1-7H3. The molecular formula is C39H59NO7. The van der Waals surface area contributed by atoms with Crippen molar-refractivity contribution in [1.82, 2.24) is 4.57 Å². The number of aryl methyl sites for hydroxylation is 1. The summed E-state index contributed by atoms with van der Waals surface area (Å²) in [5.41, 5.74) is 1.82. The first-order valence-corrected chi connectivity index (χ1v) is 17.7. The molecule has 0 N–H and O–H groups in total. The lowest BCUT2D eigenvalue weighted by molar-refractivity contribution is 0.324. The SMILES string of the molecule is CCCCCCCCCCCCCCCCCCn1c(-c2cc(OC)c(OC)c(OC)c2)c(OC)c(=O)c2c(OC)cc(OC)cc21. The van der Waals surface area contributed by atoms with Gasteiger partial charge in [0.25, 0.3) is 0 Å². The summed E-state index contributed by atoms with van der Waals surface area (Å²) in [6.07, 6.45) is 20.9. The molecule has 1 aromatic heterocycles. The summed E-state index contributed by atoms with van der Waals surface area (Å²) in [6, 6.07) is 7.34. The molecule has 0 aliphatic heterocycles. The van der Waals surface area contributed by atoms with Crippen molar-refractivity contribution in [2.75, 3.05) is 42.7 Å². The molecule has 1 heterocycles. The second-order valence-electron chi connectivity index (χ2n) is 12.3. The maximum atomic E-state index is 14.0. The number of ether oxygens (including phenoxy) is 6. The van der Waals surface area contributed by atoms with E-state index in [1.165, 1.54) is 97.0 Å². The van der Waals surface area contributed by atoms with E-state index in [1.54, 1.807) is 41.6 Å². The fraction of sp³-hybridized carbons (Fsp3) is 0.615. The highest BCUT2D eigenvalue weighted by molar-refractivity contribution is 5.92. The lowest BCUT2D eigenvalue weighted by Crippen LogP contribution is -2.17. The molecule has 0 radical (unpaired) electrons. The van der Waals surface area contributed by atoms with E-state index in [2.05, 4.69) is 11.5 Å². The average molecular weight is 654 g/mol. The van der Waals surface area contributed by atoms with Gasteiger partial charge in [-0.2, -0.15) is 0 Å². The number of pyridine rings is 1. The number of benzene rings is 2. The van der Waals surface area contributed by atoms with Crippen molar-refractivity contribution in [2.45, 2.75) is 116 Å². The van der Waals surface area contributed by atoms with Gasteiger partial charge in [0.15, 0.2) is 17.2 Å². The number of nitrogens with zero attached hydrogens (tertiary/aromatic N) is 1. The normalized spacial score (nSPS) is 11.1. The topological polar surface area (TPSA) is 77.4 Å². The van der Waals surface area contributed by atoms with Crippen molar-refractivity contribution in [1.29, 1.82) is 0 Å². The molecule has 0 saturated heterocycles. The molecule has 0 spiro atoms. The summed E-state index contributed by atoms with van der Waals surface area (Å²) in [6.45, 7) is 2.95. The molecule has 262 valence electrons. The second-order valence-corrected chi connectivity index (χ2v) is 12.3. The molecule has 8 heteroatoms. The molecule has 8 nitrogen and oxygen atoms in total. The average Bonchev–Trinajstić information content (AvgIpc) is 3.10. The van der Waals surface area contributed by atoms with Crippen LogP contribution in [0.3, 0.4) is 0 Å². The number of hydrogen-bond donors (Lipinski definition) is 0. The van der Waals surface area contributed by atoms with E-state index in [0.717, 1.165) is 18.4 Å². The van der Waals surface area contributed by atoms with Gasteiger partial charge in [-0.15, -0.1) is 0 Å². The molecule has 3 aromatic rings. The smallest absolute Gasteiger partial charge is 0.235 e. The number of unbranched alkanes of at least 4 members (excludes halogenated alkanes) is 15. The third-order valence-electron chi connectivity index (χ3n) is 9.10. The Morgan fingerprint density at radius 2 is 0.979 bits per heavy atom. The molecular weight excluding hydrogens is 594 g/mol. The number of fused-ring (bicyclic) bond motifs is 1. The summed E-state index contributed by atoms with van der Waals surface area (Å²) in [5, 5.41) is 0.456. The van der Waals surface area contributed by atoms with Crippen LogP contribution in [-0.2, 0) is 6.54 Å². The molecule has 0 bridgehead atoms. The van der Waals surface area contributed by atoms with Crippen LogP contribution in [-0.4, -0.2) is 47.2 Å². The first-order chi connectivity index (χ1) is 23.0. The van der Waals surface area contributed by atoms with Gasteiger partial charge >= 0.3 is 0 Å². The van der Waals surface area contributed by atoms with Gasteiger partial charge in [-0.1, -0.05) is 103 Å². The van der Waals surface area contributed by atoms with Gasteiger partial charge in [-0.05, 0) is 18.6 Å². The molecule has 2 aromatic carbocycles. The zero-order valence-corrected chi connectivity index (χ0v) is 30.1. The van der Waals surface area contributed by atoms with Crippen LogP contribution in [0.5, 0.6) is 34.5 Å². The molecule has 0 atom stereocenters. The van der Waals surface area contributed by atoms with E-state index < -0.39 is 0 Å². The van der Waals surface area contributed by atoms with Crippen LogP contribution in [0.1, 0.15) is 110 Å². The van der Waals surface area contributed by atoms with Crippen LogP contribution in [0, 0.1) is 0 Å². The Balaban J connectivity index is 1.75. The Bertz CT molecular complexity index is 1410. The quantitative estimate of drug-likeness (QED) is 0.0891. The Morgan fingerprint density at radius 3 is 1.40 bits per heavy atom. The molecule has 0 saturated carbocycles. The lowest BCUT2D eigenvalue weighted by atomic mass is 10.0. The summed E-state index contributed by atoms with van der Waals surface area (Å²) < 4.78 is 36.2. The van der Waals surface area contributed by atoms with Crippen LogP contribution in [0.15, 0.2) is 29.1 Å². The molecule has 47 heavy (non-hydrogen) atoms. The Hall–Kier alpha value is -3.55. The minimum absolute atomic E-state index is 0.228. The van der Waals surface area contributed by atoms with Crippen LogP contribution in [0.4, 0.5) is 0 Å².